The Bertz CT molecular complexity index is 678. The number of nitrogen functional groups attached to an aromatic ring is 1. The van der Waals surface area contributed by atoms with Crippen molar-refractivity contribution in [2.75, 3.05) is 12.8 Å². The molecule has 2 N–H and O–H groups in total. The minimum atomic E-state index is -0.477. The predicted molar refractivity (Wildman–Crippen MR) is 68.0 cm³/mol. The zero-order valence-electron chi connectivity index (χ0n) is 10.4. The average molecular weight is 259 g/mol. The Balaban J connectivity index is 2.12. The number of carbonyl (C=O) groups excluding carboxylic acids is 2. The van der Waals surface area contributed by atoms with Crippen molar-refractivity contribution in [3.05, 3.63) is 18.5 Å². The van der Waals surface area contributed by atoms with Gasteiger partial charge >= 0.3 is 0 Å². The number of carbonyl (C=O) groups is 2. The van der Waals surface area contributed by atoms with Crippen LogP contribution in [0.1, 0.15) is 18.9 Å². The number of amides is 2. The third kappa shape index (κ3) is 1.66. The second-order valence-electron chi connectivity index (χ2n) is 4.55. The van der Waals surface area contributed by atoms with Crippen molar-refractivity contribution < 1.29 is 9.59 Å². The van der Waals surface area contributed by atoms with Crippen LogP contribution in [0.2, 0.25) is 0 Å². The number of likely N-dealkylation sites (N-methyl/N-ethyl adjacent to an activating group) is 1. The SMILES string of the molecule is CN1C(=O)CCC(n2c(N)nc3cnccc32)C1=O. The molecule has 1 aliphatic heterocycles. The third-order valence-corrected chi connectivity index (χ3v) is 3.45. The fourth-order valence-corrected chi connectivity index (χ4v) is 2.43. The smallest absolute Gasteiger partial charge is 0.252 e. The van der Waals surface area contributed by atoms with Gasteiger partial charge in [0.05, 0.1) is 11.7 Å². The van der Waals surface area contributed by atoms with Crippen LogP contribution in [0.15, 0.2) is 18.5 Å². The molecule has 0 radical (unpaired) electrons. The van der Waals surface area contributed by atoms with Crippen molar-refractivity contribution in [2.24, 2.45) is 0 Å². The van der Waals surface area contributed by atoms with Gasteiger partial charge in [0.2, 0.25) is 11.9 Å². The van der Waals surface area contributed by atoms with Crippen molar-refractivity contribution in [3.63, 3.8) is 0 Å². The van der Waals surface area contributed by atoms with Crippen LogP contribution in [-0.4, -0.2) is 38.3 Å². The molecule has 19 heavy (non-hydrogen) atoms. The Morgan fingerprint density at radius 1 is 1.42 bits per heavy atom. The van der Waals surface area contributed by atoms with E-state index >= 15 is 0 Å². The van der Waals surface area contributed by atoms with Crippen molar-refractivity contribution in [1.29, 1.82) is 0 Å². The van der Waals surface area contributed by atoms with E-state index in [4.69, 9.17) is 5.73 Å². The molecule has 0 aliphatic carbocycles. The summed E-state index contributed by atoms with van der Waals surface area (Å²) in [6.45, 7) is 0. The Labute approximate surface area is 109 Å². The maximum atomic E-state index is 12.2. The molecule has 1 fully saturated rings. The molecule has 2 aromatic rings. The van der Waals surface area contributed by atoms with Crippen LogP contribution in [0.25, 0.3) is 11.0 Å². The number of anilines is 1. The number of pyridine rings is 1. The summed E-state index contributed by atoms with van der Waals surface area (Å²) in [4.78, 5) is 33.0. The highest BCUT2D eigenvalue weighted by atomic mass is 16.2. The molecule has 0 bridgehead atoms. The highest BCUT2D eigenvalue weighted by molar-refractivity contribution is 6.00. The number of rotatable bonds is 1. The lowest BCUT2D eigenvalue weighted by atomic mass is 10.0. The lowest BCUT2D eigenvalue weighted by molar-refractivity contribution is -0.149. The van der Waals surface area contributed by atoms with E-state index < -0.39 is 6.04 Å². The highest BCUT2D eigenvalue weighted by Gasteiger charge is 2.34. The fourth-order valence-electron chi connectivity index (χ4n) is 2.43. The number of fused-ring (bicyclic) bond motifs is 1. The largest absolute Gasteiger partial charge is 0.369 e. The van der Waals surface area contributed by atoms with E-state index in [1.54, 1.807) is 23.0 Å². The molecule has 3 heterocycles. The second kappa shape index (κ2) is 4.04. The summed E-state index contributed by atoms with van der Waals surface area (Å²) in [6.07, 6.45) is 4.00. The number of imidazole rings is 1. The van der Waals surface area contributed by atoms with Crippen molar-refractivity contribution >= 4 is 28.8 Å². The van der Waals surface area contributed by atoms with Crippen molar-refractivity contribution in [1.82, 2.24) is 19.4 Å². The molecule has 98 valence electrons. The van der Waals surface area contributed by atoms with Crippen LogP contribution in [0.4, 0.5) is 5.95 Å². The van der Waals surface area contributed by atoms with E-state index in [9.17, 15) is 9.59 Å². The number of aromatic nitrogens is 3. The van der Waals surface area contributed by atoms with E-state index in [2.05, 4.69) is 9.97 Å². The fraction of sp³-hybridized carbons (Fsp3) is 0.333. The first-order valence-electron chi connectivity index (χ1n) is 5.97. The van der Waals surface area contributed by atoms with Gasteiger partial charge in [0, 0.05) is 19.7 Å². The normalized spacial score (nSPS) is 20.3. The standard InChI is InChI=1S/C12H13N5O2/c1-16-10(18)3-2-9(11(16)19)17-8-4-5-14-6-7(8)15-12(17)13/h4-6,9H,2-3H2,1H3,(H2,13,15). The molecular formula is C12H13N5O2. The van der Waals surface area contributed by atoms with Gasteiger partial charge in [0.15, 0.2) is 0 Å². The molecule has 1 unspecified atom stereocenters. The molecule has 0 saturated carbocycles. The lowest BCUT2D eigenvalue weighted by Gasteiger charge is -2.29. The van der Waals surface area contributed by atoms with Crippen LogP contribution in [0.3, 0.4) is 0 Å². The van der Waals surface area contributed by atoms with Crippen molar-refractivity contribution in [3.8, 4) is 0 Å². The predicted octanol–water partition coefficient (Wildman–Crippen LogP) is 0.333. The summed E-state index contributed by atoms with van der Waals surface area (Å²) in [5.74, 6) is -0.144. The van der Waals surface area contributed by atoms with E-state index in [1.165, 1.54) is 7.05 Å². The maximum Gasteiger partial charge on any atom is 0.252 e. The average Bonchev–Trinajstić information content (AvgIpc) is 2.73. The van der Waals surface area contributed by atoms with Crippen molar-refractivity contribution in [2.45, 2.75) is 18.9 Å². The molecule has 7 nitrogen and oxygen atoms in total. The van der Waals surface area contributed by atoms with E-state index in [0.717, 1.165) is 10.4 Å². The zero-order chi connectivity index (χ0) is 13.6. The lowest BCUT2D eigenvalue weighted by Crippen LogP contribution is -2.43. The van der Waals surface area contributed by atoms with Crippen LogP contribution >= 0.6 is 0 Å². The number of nitrogens with zero attached hydrogens (tertiary/aromatic N) is 4. The molecule has 0 spiro atoms. The summed E-state index contributed by atoms with van der Waals surface area (Å²) in [5, 5.41) is 0. The van der Waals surface area contributed by atoms with E-state index in [0.29, 0.717) is 18.4 Å². The van der Waals surface area contributed by atoms with Gasteiger partial charge in [-0.3, -0.25) is 24.0 Å². The molecule has 3 rings (SSSR count). The summed E-state index contributed by atoms with van der Waals surface area (Å²) in [6, 6.07) is 1.29. The van der Waals surface area contributed by atoms with Gasteiger partial charge in [-0.05, 0) is 12.5 Å². The molecule has 1 aliphatic rings. The Morgan fingerprint density at radius 2 is 2.21 bits per heavy atom. The Kier molecular flexibility index (Phi) is 2.48. The maximum absolute atomic E-state index is 12.2. The minimum absolute atomic E-state index is 0.161. The van der Waals surface area contributed by atoms with Gasteiger partial charge in [0.25, 0.3) is 5.91 Å². The summed E-state index contributed by atoms with van der Waals surface area (Å²) in [5.41, 5.74) is 7.30. The molecular weight excluding hydrogens is 246 g/mol. The van der Waals surface area contributed by atoms with E-state index in [-0.39, 0.29) is 17.8 Å². The van der Waals surface area contributed by atoms with Crippen LogP contribution in [0, 0.1) is 0 Å². The van der Waals surface area contributed by atoms with Gasteiger partial charge in [-0.25, -0.2) is 4.98 Å². The second-order valence-corrected chi connectivity index (χ2v) is 4.55. The Morgan fingerprint density at radius 3 is 3.00 bits per heavy atom. The van der Waals surface area contributed by atoms with Crippen LogP contribution in [-0.2, 0) is 9.59 Å². The summed E-state index contributed by atoms with van der Waals surface area (Å²) in [7, 11) is 1.49. The first kappa shape index (κ1) is 11.6. The molecule has 1 saturated heterocycles. The number of hydrogen-bond donors (Lipinski definition) is 1. The van der Waals surface area contributed by atoms with Gasteiger partial charge in [-0.15, -0.1) is 0 Å². The molecule has 1 atom stereocenters. The third-order valence-electron chi connectivity index (χ3n) is 3.45. The molecule has 2 amide bonds. The quantitative estimate of drug-likeness (QED) is 0.745. The molecule has 0 aromatic carbocycles. The minimum Gasteiger partial charge on any atom is -0.369 e. The van der Waals surface area contributed by atoms with Gasteiger partial charge in [-0.1, -0.05) is 0 Å². The van der Waals surface area contributed by atoms with Crippen LogP contribution in [0.5, 0.6) is 0 Å². The number of likely N-dealkylation sites (tertiary alicyclic amines) is 1. The van der Waals surface area contributed by atoms with Gasteiger partial charge in [-0.2, -0.15) is 0 Å². The summed E-state index contributed by atoms with van der Waals surface area (Å²) < 4.78 is 1.68. The zero-order valence-corrected chi connectivity index (χ0v) is 10.4. The molecule has 7 heteroatoms. The van der Waals surface area contributed by atoms with Gasteiger partial charge in [0.1, 0.15) is 11.6 Å². The topological polar surface area (TPSA) is 94.1 Å². The van der Waals surface area contributed by atoms with Crippen LogP contribution < -0.4 is 5.73 Å². The number of piperidine rings is 1. The monoisotopic (exact) mass is 259 g/mol. The summed E-state index contributed by atoms with van der Waals surface area (Å²) >= 11 is 0. The number of hydrogen-bond acceptors (Lipinski definition) is 5. The first-order valence-corrected chi connectivity index (χ1v) is 5.97. The Hall–Kier alpha value is -2.44. The first-order chi connectivity index (χ1) is 9.09. The van der Waals surface area contributed by atoms with Gasteiger partial charge < -0.3 is 5.73 Å². The highest BCUT2D eigenvalue weighted by Crippen LogP contribution is 2.29. The number of imide groups is 1. The number of nitrogens with two attached hydrogens (primary N) is 1. The van der Waals surface area contributed by atoms with E-state index in [1.807, 2.05) is 0 Å². The molecule has 2 aromatic heterocycles.